The van der Waals surface area contributed by atoms with Gasteiger partial charge in [-0.3, -0.25) is 0 Å². The molecule has 2 aromatic rings. The fourth-order valence-corrected chi connectivity index (χ4v) is 2.16. The third kappa shape index (κ3) is 3.38. The van der Waals surface area contributed by atoms with Gasteiger partial charge in [-0.1, -0.05) is 11.6 Å². The summed E-state index contributed by atoms with van der Waals surface area (Å²) in [6.45, 7) is 0. The van der Waals surface area contributed by atoms with Crippen molar-refractivity contribution in [2.45, 2.75) is 6.36 Å². The first-order valence-electron chi connectivity index (χ1n) is 6.23. The summed E-state index contributed by atoms with van der Waals surface area (Å²) in [5, 5.41) is 9.12. The van der Waals surface area contributed by atoms with E-state index in [0.29, 0.717) is 0 Å². The fourth-order valence-electron chi connectivity index (χ4n) is 1.99. The highest BCUT2D eigenvalue weighted by Gasteiger charge is 2.33. The number of methoxy groups -OCH3 is 1. The molecule has 0 radical (unpaired) electrons. The Morgan fingerprint density at radius 1 is 1.42 bits per heavy atom. The maximum Gasteiger partial charge on any atom is 0.573 e. The van der Waals surface area contributed by atoms with Gasteiger partial charge in [-0.15, -0.1) is 13.2 Å². The van der Waals surface area contributed by atoms with Crippen molar-refractivity contribution in [3.8, 4) is 17.5 Å². The van der Waals surface area contributed by atoms with E-state index < -0.39 is 18.1 Å². The van der Waals surface area contributed by atoms with Crippen LogP contribution in [0.15, 0.2) is 24.4 Å². The molecule has 24 heavy (non-hydrogen) atoms. The van der Waals surface area contributed by atoms with Crippen molar-refractivity contribution in [1.82, 2.24) is 4.57 Å². The molecule has 1 heterocycles. The van der Waals surface area contributed by atoms with Gasteiger partial charge < -0.3 is 19.8 Å². The van der Waals surface area contributed by atoms with Gasteiger partial charge in [-0.25, -0.2) is 4.79 Å². The van der Waals surface area contributed by atoms with E-state index >= 15 is 0 Å². The summed E-state index contributed by atoms with van der Waals surface area (Å²) in [5.74, 6) is -1.57. The number of carbonyl (C=O) groups is 1. The molecule has 0 aliphatic heterocycles. The number of aromatic nitrogens is 1. The summed E-state index contributed by atoms with van der Waals surface area (Å²) in [5.41, 5.74) is 4.81. The zero-order chi connectivity index (χ0) is 18.1. The number of carbonyl (C=O) groups excluding carboxylic acids is 1. The van der Waals surface area contributed by atoms with Crippen LogP contribution in [0.5, 0.6) is 5.75 Å². The fraction of sp³-hybridized carbons (Fsp3) is 0.143. The number of nitrogens with two attached hydrogens (primary N) is 1. The van der Waals surface area contributed by atoms with E-state index in [9.17, 15) is 18.0 Å². The van der Waals surface area contributed by atoms with Crippen LogP contribution in [0.2, 0.25) is 5.02 Å². The first-order valence-corrected chi connectivity index (χ1v) is 6.60. The molecule has 0 saturated carbocycles. The van der Waals surface area contributed by atoms with E-state index in [0.717, 1.165) is 30.0 Å². The molecule has 0 aliphatic carbocycles. The number of anilines is 1. The standard InChI is InChI=1S/C14H9ClF3N3O3/c1-23-13(22)12-11(20)7(5-19)6-21(12)9-4-8(15)2-3-10(9)24-14(16,17)18/h2-4,6H,20H2,1H3. The Morgan fingerprint density at radius 2 is 2.08 bits per heavy atom. The van der Waals surface area contributed by atoms with Crippen molar-refractivity contribution < 1.29 is 27.4 Å². The highest BCUT2D eigenvalue weighted by Crippen LogP contribution is 2.34. The summed E-state index contributed by atoms with van der Waals surface area (Å²) in [6.07, 6.45) is -3.87. The summed E-state index contributed by atoms with van der Waals surface area (Å²) in [6, 6.07) is 5.04. The molecule has 10 heteroatoms. The molecule has 0 aliphatic rings. The summed E-state index contributed by atoms with van der Waals surface area (Å²) >= 11 is 5.82. The van der Waals surface area contributed by atoms with E-state index in [1.807, 2.05) is 0 Å². The number of esters is 1. The third-order valence-electron chi connectivity index (χ3n) is 2.95. The average Bonchev–Trinajstić information content (AvgIpc) is 2.83. The Bertz CT molecular complexity index is 840. The average molecular weight is 360 g/mol. The number of halogens is 4. The Morgan fingerprint density at radius 3 is 2.62 bits per heavy atom. The highest BCUT2D eigenvalue weighted by molar-refractivity contribution is 6.30. The quantitative estimate of drug-likeness (QED) is 0.849. The van der Waals surface area contributed by atoms with Crippen LogP contribution in [0, 0.1) is 11.3 Å². The molecule has 0 unspecified atom stereocenters. The Labute approximate surface area is 138 Å². The number of ether oxygens (including phenoxy) is 2. The second kappa shape index (κ2) is 6.33. The minimum absolute atomic E-state index is 0.0844. The topological polar surface area (TPSA) is 90.3 Å². The Hall–Kier alpha value is -2.86. The summed E-state index contributed by atoms with van der Waals surface area (Å²) < 4.78 is 47.2. The predicted molar refractivity (Wildman–Crippen MR) is 77.9 cm³/mol. The lowest BCUT2D eigenvalue weighted by atomic mass is 10.2. The van der Waals surface area contributed by atoms with Crippen molar-refractivity contribution >= 4 is 23.3 Å². The largest absolute Gasteiger partial charge is 0.573 e. The van der Waals surface area contributed by atoms with Gasteiger partial charge in [0, 0.05) is 11.2 Å². The number of nitriles is 1. The smallest absolute Gasteiger partial charge is 0.464 e. The molecular weight excluding hydrogens is 351 g/mol. The third-order valence-corrected chi connectivity index (χ3v) is 3.18. The second-order valence-corrected chi connectivity index (χ2v) is 4.87. The Kier molecular flexibility index (Phi) is 4.61. The monoisotopic (exact) mass is 359 g/mol. The van der Waals surface area contributed by atoms with Crippen LogP contribution in [0.4, 0.5) is 18.9 Å². The van der Waals surface area contributed by atoms with Gasteiger partial charge in [0.05, 0.1) is 24.0 Å². The lowest BCUT2D eigenvalue weighted by Gasteiger charge is -2.16. The van der Waals surface area contributed by atoms with Crippen molar-refractivity contribution in [3.05, 3.63) is 40.7 Å². The molecule has 0 atom stereocenters. The summed E-state index contributed by atoms with van der Waals surface area (Å²) in [7, 11) is 1.07. The molecule has 6 nitrogen and oxygen atoms in total. The van der Waals surface area contributed by atoms with E-state index in [1.165, 1.54) is 6.07 Å². The predicted octanol–water partition coefficient (Wildman–Crippen LogP) is 3.27. The molecule has 0 saturated heterocycles. The van der Waals surface area contributed by atoms with E-state index in [1.54, 1.807) is 6.07 Å². The van der Waals surface area contributed by atoms with Crippen LogP contribution in [0.25, 0.3) is 5.69 Å². The minimum atomic E-state index is -4.97. The van der Waals surface area contributed by atoms with Crippen LogP contribution >= 0.6 is 11.6 Å². The van der Waals surface area contributed by atoms with Gasteiger partial charge in [-0.05, 0) is 18.2 Å². The summed E-state index contributed by atoms with van der Waals surface area (Å²) in [4.78, 5) is 11.9. The molecule has 2 N–H and O–H groups in total. The molecule has 0 fully saturated rings. The highest BCUT2D eigenvalue weighted by atomic mass is 35.5. The first-order chi connectivity index (χ1) is 11.2. The molecule has 126 valence electrons. The molecule has 1 aromatic carbocycles. The van der Waals surface area contributed by atoms with Crippen LogP contribution in [0.1, 0.15) is 16.1 Å². The Balaban J connectivity index is 2.74. The number of benzene rings is 1. The van der Waals surface area contributed by atoms with Crippen LogP contribution in [-0.4, -0.2) is 24.0 Å². The number of nitrogen functional groups attached to an aromatic ring is 1. The van der Waals surface area contributed by atoms with Crippen molar-refractivity contribution in [3.63, 3.8) is 0 Å². The van der Waals surface area contributed by atoms with Gasteiger partial charge in [0.15, 0.2) is 11.4 Å². The maximum atomic E-state index is 12.6. The normalized spacial score (nSPS) is 11.0. The molecule has 0 spiro atoms. The van der Waals surface area contributed by atoms with Crippen LogP contribution < -0.4 is 10.5 Å². The number of hydrogen-bond acceptors (Lipinski definition) is 5. The number of alkyl halides is 3. The van der Waals surface area contributed by atoms with Crippen molar-refractivity contribution in [1.29, 1.82) is 5.26 Å². The molecule has 0 bridgehead atoms. The second-order valence-electron chi connectivity index (χ2n) is 4.44. The first kappa shape index (κ1) is 17.5. The van der Waals surface area contributed by atoms with Crippen molar-refractivity contribution in [2.24, 2.45) is 0 Å². The molecule has 2 rings (SSSR count). The van der Waals surface area contributed by atoms with Crippen LogP contribution in [0.3, 0.4) is 0 Å². The molecular formula is C14H9ClF3N3O3. The number of rotatable bonds is 3. The number of nitrogens with zero attached hydrogens (tertiary/aromatic N) is 2. The van der Waals surface area contributed by atoms with E-state index in [4.69, 9.17) is 22.6 Å². The zero-order valence-electron chi connectivity index (χ0n) is 12.0. The van der Waals surface area contributed by atoms with Crippen molar-refractivity contribution in [2.75, 3.05) is 12.8 Å². The van der Waals surface area contributed by atoms with Crippen LogP contribution in [-0.2, 0) is 4.74 Å². The lowest BCUT2D eigenvalue weighted by Crippen LogP contribution is -2.19. The number of hydrogen-bond donors (Lipinski definition) is 1. The molecule has 0 amide bonds. The zero-order valence-corrected chi connectivity index (χ0v) is 12.8. The SMILES string of the molecule is COC(=O)c1c(N)c(C#N)cn1-c1cc(Cl)ccc1OC(F)(F)F. The maximum absolute atomic E-state index is 12.6. The van der Waals surface area contributed by atoms with Gasteiger partial charge in [0.25, 0.3) is 0 Å². The van der Waals surface area contributed by atoms with E-state index in [2.05, 4.69) is 9.47 Å². The minimum Gasteiger partial charge on any atom is -0.464 e. The van der Waals surface area contributed by atoms with Gasteiger partial charge >= 0.3 is 12.3 Å². The van der Waals surface area contributed by atoms with Gasteiger partial charge in [-0.2, -0.15) is 5.26 Å². The molecule has 1 aromatic heterocycles. The van der Waals surface area contributed by atoms with Gasteiger partial charge in [0.1, 0.15) is 6.07 Å². The van der Waals surface area contributed by atoms with Gasteiger partial charge in [0.2, 0.25) is 0 Å². The lowest BCUT2D eigenvalue weighted by molar-refractivity contribution is -0.274. The van der Waals surface area contributed by atoms with E-state index in [-0.39, 0.29) is 27.7 Å².